The number of rotatable bonds is 3. The zero-order chi connectivity index (χ0) is 9.73. The van der Waals surface area contributed by atoms with Gasteiger partial charge in [-0.3, -0.25) is 0 Å². The normalized spacial score (nSPS) is 11.3. The lowest BCUT2D eigenvalue weighted by molar-refractivity contribution is -0.109. The molecule has 0 saturated heterocycles. The summed E-state index contributed by atoms with van der Waals surface area (Å²) < 4.78 is 35.2. The third kappa shape index (κ3) is 4.57. The maximum absolute atomic E-state index is 11.7. The fraction of sp³-hybridized carbons (Fsp3) is 0.250. The number of benzene rings is 1. The van der Waals surface area contributed by atoms with Crippen molar-refractivity contribution in [1.29, 1.82) is 0 Å². The number of para-hydroxylation sites is 1. The smallest absolute Gasteiger partial charge is 0.388 e. The van der Waals surface area contributed by atoms with E-state index in [1.54, 1.807) is 24.3 Å². The Kier molecular flexibility index (Phi) is 3.36. The molecule has 1 aromatic rings. The first-order valence-electron chi connectivity index (χ1n) is 3.68. The van der Waals surface area contributed by atoms with Crippen LogP contribution in [0.1, 0.15) is 0 Å². The van der Waals surface area contributed by atoms with Crippen LogP contribution in [0, 0.1) is 0 Å². The monoisotopic (exact) mass is 203 g/mol. The van der Waals surface area contributed by atoms with Gasteiger partial charge in [-0.2, -0.15) is 13.2 Å². The van der Waals surface area contributed by atoms with E-state index >= 15 is 0 Å². The van der Waals surface area contributed by atoms with E-state index in [9.17, 15) is 13.2 Å². The molecular weight excluding hydrogens is 195 g/mol. The Balaban J connectivity index is 2.29. The third-order valence-electron chi connectivity index (χ3n) is 1.30. The van der Waals surface area contributed by atoms with Gasteiger partial charge in [-0.25, -0.2) is 0 Å². The molecule has 0 aliphatic rings. The van der Waals surface area contributed by atoms with E-state index in [1.807, 2.05) is 6.07 Å². The number of halogens is 3. The number of hydrogen-bond acceptors (Lipinski definition) is 1. The maximum Gasteiger partial charge on any atom is 0.388 e. The van der Waals surface area contributed by atoms with Crippen molar-refractivity contribution in [1.82, 2.24) is 0 Å². The third-order valence-corrected chi connectivity index (χ3v) is 2.34. The van der Waals surface area contributed by atoms with Gasteiger partial charge in [0.05, 0.1) is 6.04 Å². The van der Waals surface area contributed by atoms with Crippen LogP contribution < -0.4 is 4.98 Å². The van der Waals surface area contributed by atoms with Crippen LogP contribution in [0.4, 0.5) is 18.9 Å². The number of alkyl halides is 3. The fourth-order valence-electron chi connectivity index (χ4n) is 0.768. The summed E-state index contributed by atoms with van der Waals surface area (Å²) in [6, 6.07) is 8.08. The summed E-state index contributed by atoms with van der Waals surface area (Å²) in [7, 11) is -0.314. The Bertz CT molecular complexity index is 247. The molecule has 0 bridgehead atoms. The van der Waals surface area contributed by atoms with Crippen LogP contribution in [-0.4, -0.2) is 15.9 Å². The van der Waals surface area contributed by atoms with Gasteiger partial charge in [0.1, 0.15) is 0 Å². The van der Waals surface area contributed by atoms with Crippen molar-refractivity contribution >= 4 is 15.4 Å². The molecule has 1 N–H and O–H groups in total. The van der Waals surface area contributed by atoms with Crippen LogP contribution in [0.5, 0.6) is 0 Å². The molecule has 5 heteroatoms. The molecule has 0 aliphatic heterocycles. The molecule has 70 valence electrons. The lowest BCUT2D eigenvalue weighted by Crippen LogP contribution is -2.16. The molecule has 2 radical (unpaired) electrons. The van der Waals surface area contributed by atoms with E-state index in [0.29, 0.717) is 0 Å². The highest BCUT2D eigenvalue weighted by molar-refractivity contribution is 6.40. The van der Waals surface area contributed by atoms with Gasteiger partial charge in [-0.1, -0.05) is 18.2 Å². The van der Waals surface area contributed by atoms with Gasteiger partial charge in [0.15, 0.2) is 9.68 Å². The summed E-state index contributed by atoms with van der Waals surface area (Å²) in [6.45, 7) is 0. The molecule has 0 aromatic heterocycles. The van der Waals surface area contributed by atoms with Crippen LogP contribution in [0.2, 0.25) is 6.04 Å². The molecule has 13 heavy (non-hydrogen) atoms. The SMILES string of the molecule is FC(F)(F)C[Si]Nc1ccccc1. The quantitative estimate of drug-likeness (QED) is 0.745. The molecule has 1 nitrogen and oxygen atoms in total. The van der Waals surface area contributed by atoms with Crippen LogP contribution in [-0.2, 0) is 0 Å². The first-order valence-corrected chi connectivity index (χ1v) is 4.89. The van der Waals surface area contributed by atoms with Gasteiger partial charge in [0, 0.05) is 5.69 Å². The maximum atomic E-state index is 11.7. The van der Waals surface area contributed by atoms with E-state index in [4.69, 9.17) is 0 Å². The zero-order valence-electron chi connectivity index (χ0n) is 6.73. The minimum atomic E-state index is -4.07. The second-order valence-electron chi connectivity index (χ2n) is 2.46. The van der Waals surface area contributed by atoms with Crippen LogP contribution in [0.3, 0.4) is 0 Å². The Hall–Kier alpha value is -0.973. The predicted octanol–water partition coefficient (Wildman–Crippen LogP) is 2.70. The average Bonchev–Trinajstić information content (AvgIpc) is 2.04. The largest absolute Gasteiger partial charge is 0.411 e. The van der Waals surface area contributed by atoms with Crippen LogP contribution in [0.25, 0.3) is 0 Å². The van der Waals surface area contributed by atoms with E-state index < -0.39 is 12.2 Å². The Morgan fingerprint density at radius 2 is 1.77 bits per heavy atom. The van der Waals surface area contributed by atoms with Gasteiger partial charge in [-0.15, -0.1) is 0 Å². The van der Waals surface area contributed by atoms with Gasteiger partial charge < -0.3 is 4.98 Å². The number of nitrogens with one attached hydrogen (secondary N) is 1. The summed E-state index contributed by atoms with van der Waals surface area (Å²) in [5, 5.41) is 0. The highest BCUT2D eigenvalue weighted by Gasteiger charge is 2.26. The van der Waals surface area contributed by atoms with Gasteiger partial charge >= 0.3 is 6.18 Å². The molecule has 0 heterocycles. The standard InChI is InChI=1S/C8H8F3NSi/c9-8(10,11)6-13-12-7-4-2-1-3-5-7/h1-5,12H,6H2. The molecular formula is C8H8F3NSi. The minimum Gasteiger partial charge on any atom is -0.411 e. The summed E-state index contributed by atoms with van der Waals surface area (Å²) in [5.74, 6) is 0. The summed E-state index contributed by atoms with van der Waals surface area (Å²) in [6.07, 6.45) is -4.07. The first kappa shape index (κ1) is 10.1. The summed E-state index contributed by atoms with van der Waals surface area (Å²) >= 11 is 0. The van der Waals surface area contributed by atoms with Gasteiger partial charge in [-0.05, 0) is 12.1 Å². The Morgan fingerprint density at radius 1 is 1.15 bits per heavy atom. The van der Waals surface area contributed by atoms with Crippen molar-refractivity contribution in [3.05, 3.63) is 30.3 Å². The molecule has 0 atom stereocenters. The van der Waals surface area contributed by atoms with E-state index in [2.05, 4.69) is 4.98 Å². The molecule has 0 unspecified atom stereocenters. The van der Waals surface area contributed by atoms with Gasteiger partial charge in [0.25, 0.3) is 0 Å². The van der Waals surface area contributed by atoms with Gasteiger partial charge in [0.2, 0.25) is 0 Å². The highest BCUT2D eigenvalue weighted by Crippen LogP contribution is 2.19. The molecule has 0 amide bonds. The summed E-state index contributed by atoms with van der Waals surface area (Å²) in [5.41, 5.74) is 0.727. The van der Waals surface area contributed by atoms with E-state index in [1.165, 1.54) is 0 Å². The van der Waals surface area contributed by atoms with E-state index in [-0.39, 0.29) is 9.68 Å². The molecule has 1 aromatic carbocycles. The van der Waals surface area contributed by atoms with Crippen molar-refractivity contribution in [3.63, 3.8) is 0 Å². The highest BCUT2D eigenvalue weighted by atomic mass is 28.2. The molecule has 0 aliphatic carbocycles. The topological polar surface area (TPSA) is 12.0 Å². The van der Waals surface area contributed by atoms with E-state index in [0.717, 1.165) is 5.69 Å². The zero-order valence-corrected chi connectivity index (χ0v) is 7.73. The van der Waals surface area contributed by atoms with Crippen molar-refractivity contribution in [2.75, 3.05) is 4.98 Å². The minimum absolute atomic E-state index is 0.314. The lowest BCUT2D eigenvalue weighted by Gasteiger charge is -2.06. The Labute approximate surface area is 76.9 Å². The first-order chi connectivity index (χ1) is 6.08. The second-order valence-corrected chi connectivity index (χ2v) is 3.42. The molecule has 0 saturated carbocycles. The van der Waals surface area contributed by atoms with Crippen molar-refractivity contribution < 1.29 is 13.2 Å². The van der Waals surface area contributed by atoms with Crippen molar-refractivity contribution in [2.45, 2.75) is 12.2 Å². The molecule has 1 rings (SSSR count). The van der Waals surface area contributed by atoms with Crippen molar-refractivity contribution in [3.8, 4) is 0 Å². The average molecular weight is 203 g/mol. The predicted molar refractivity (Wildman–Crippen MR) is 46.7 cm³/mol. The van der Waals surface area contributed by atoms with Crippen molar-refractivity contribution in [2.24, 2.45) is 0 Å². The number of anilines is 1. The summed E-state index contributed by atoms with van der Waals surface area (Å²) in [4.78, 5) is 2.71. The lowest BCUT2D eigenvalue weighted by atomic mass is 10.3. The Morgan fingerprint density at radius 3 is 2.31 bits per heavy atom. The fourth-order valence-corrected chi connectivity index (χ4v) is 1.43. The second kappa shape index (κ2) is 4.32. The molecule has 0 spiro atoms. The van der Waals surface area contributed by atoms with Crippen LogP contribution in [0.15, 0.2) is 30.3 Å². The van der Waals surface area contributed by atoms with Crippen LogP contribution >= 0.6 is 0 Å². The molecule has 0 fully saturated rings. The number of hydrogen-bond donors (Lipinski definition) is 1.